The van der Waals surface area contributed by atoms with Gasteiger partial charge in [0, 0.05) is 0 Å². The fourth-order valence-corrected chi connectivity index (χ4v) is 1.37. The summed E-state index contributed by atoms with van der Waals surface area (Å²) in [5.41, 5.74) is 3.63. The third kappa shape index (κ3) is 1.75. The molecule has 1 atom stereocenters. The molecule has 0 heterocycles. The van der Waals surface area contributed by atoms with E-state index in [-0.39, 0.29) is 0 Å². The molecular weight excluding hydrogens is 120 g/mol. The van der Waals surface area contributed by atoms with Crippen LogP contribution in [0.3, 0.4) is 0 Å². The summed E-state index contributed by atoms with van der Waals surface area (Å²) in [4.78, 5) is 0. The minimum Gasteiger partial charge on any atom is -0.129 e. The van der Waals surface area contributed by atoms with Crippen LogP contribution in [-0.2, 0) is 0 Å². The maximum Gasteiger partial charge on any atom is -0.00304 e. The van der Waals surface area contributed by atoms with Gasteiger partial charge in [-0.25, -0.2) is 0 Å². The van der Waals surface area contributed by atoms with E-state index in [1.54, 1.807) is 0 Å². The Hall–Kier alpha value is -0.480. The van der Waals surface area contributed by atoms with Gasteiger partial charge in [0.05, 0.1) is 0 Å². The Morgan fingerprint density at radius 2 is 2.40 bits per heavy atom. The molecule has 0 aromatic heterocycles. The van der Waals surface area contributed by atoms with Gasteiger partial charge < -0.3 is 0 Å². The van der Waals surface area contributed by atoms with Gasteiger partial charge in [0.15, 0.2) is 0 Å². The Kier molecular flexibility index (Phi) is 2.34. The Morgan fingerprint density at radius 3 is 2.90 bits per heavy atom. The van der Waals surface area contributed by atoms with Gasteiger partial charge in [0.2, 0.25) is 0 Å². The largest absolute Gasteiger partial charge is 0.129 e. The molecule has 0 saturated heterocycles. The van der Waals surface area contributed by atoms with Crippen LogP contribution < -0.4 is 0 Å². The topological polar surface area (TPSA) is 0 Å². The summed E-state index contributed by atoms with van der Waals surface area (Å²) in [7, 11) is 0. The van der Waals surface area contributed by atoms with Crippen LogP contribution in [0.1, 0.15) is 39.5 Å². The molecule has 10 heavy (non-hydrogen) atoms. The Morgan fingerprint density at radius 1 is 1.60 bits per heavy atom. The molecule has 1 unspecified atom stereocenters. The summed E-state index contributed by atoms with van der Waals surface area (Å²) in [6.07, 6.45) is 9.56. The van der Waals surface area contributed by atoms with E-state index in [0.29, 0.717) is 5.41 Å². The molecule has 0 heteroatoms. The van der Waals surface area contributed by atoms with Crippen LogP contribution in [0.5, 0.6) is 0 Å². The van der Waals surface area contributed by atoms with Gasteiger partial charge in [0.1, 0.15) is 0 Å². The maximum atomic E-state index is 3.17. The summed E-state index contributed by atoms with van der Waals surface area (Å²) in [6, 6.07) is 0. The highest BCUT2D eigenvalue weighted by atomic mass is 14.2. The van der Waals surface area contributed by atoms with Crippen molar-refractivity contribution in [2.24, 2.45) is 5.41 Å². The van der Waals surface area contributed by atoms with Crippen molar-refractivity contribution in [3.05, 3.63) is 17.9 Å². The lowest BCUT2D eigenvalue weighted by Crippen LogP contribution is -2.08. The third-order valence-corrected chi connectivity index (χ3v) is 2.22. The molecular formula is C10H16. The van der Waals surface area contributed by atoms with Crippen molar-refractivity contribution in [2.75, 3.05) is 0 Å². The lowest BCUT2D eigenvalue weighted by molar-refractivity contribution is 0.390. The molecule has 0 aliphatic heterocycles. The van der Waals surface area contributed by atoms with E-state index in [2.05, 4.69) is 31.7 Å². The van der Waals surface area contributed by atoms with E-state index in [0.717, 1.165) is 0 Å². The molecule has 0 nitrogen and oxygen atoms in total. The summed E-state index contributed by atoms with van der Waals surface area (Å²) in [5.74, 6) is 0. The number of unbranched alkanes of at least 4 members (excludes halogenated alkanes) is 1. The van der Waals surface area contributed by atoms with Gasteiger partial charge in [0.25, 0.3) is 0 Å². The highest BCUT2D eigenvalue weighted by molar-refractivity contribution is 5.07. The van der Waals surface area contributed by atoms with E-state index in [9.17, 15) is 0 Å². The predicted molar refractivity (Wildman–Crippen MR) is 44.9 cm³/mol. The highest BCUT2D eigenvalue weighted by Crippen LogP contribution is 2.32. The molecule has 0 amide bonds. The van der Waals surface area contributed by atoms with E-state index < -0.39 is 0 Å². The molecule has 0 radical (unpaired) electrons. The van der Waals surface area contributed by atoms with Crippen LogP contribution in [0, 0.1) is 5.41 Å². The SMILES string of the molecule is CCCCC1(C)C=C=CC1. The predicted octanol–water partition coefficient (Wildman–Crippen LogP) is 3.30. The van der Waals surface area contributed by atoms with Crippen molar-refractivity contribution in [1.82, 2.24) is 0 Å². The van der Waals surface area contributed by atoms with Gasteiger partial charge in [-0.05, 0) is 30.4 Å². The molecule has 1 rings (SSSR count). The van der Waals surface area contributed by atoms with E-state index in [4.69, 9.17) is 0 Å². The third-order valence-electron chi connectivity index (χ3n) is 2.22. The van der Waals surface area contributed by atoms with Crippen molar-refractivity contribution >= 4 is 0 Å². The maximum absolute atomic E-state index is 3.17. The zero-order chi connectivity index (χ0) is 7.45. The minimum absolute atomic E-state index is 0.454. The molecule has 0 saturated carbocycles. The van der Waals surface area contributed by atoms with E-state index >= 15 is 0 Å². The van der Waals surface area contributed by atoms with E-state index in [1.165, 1.54) is 25.7 Å². The average Bonchev–Trinajstić information content (AvgIpc) is 2.33. The van der Waals surface area contributed by atoms with Crippen LogP contribution in [-0.4, -0.2) is 0 Å². The van der Waals surface area contributed by atoms with Gasteiger partial charge in [-0.3, -0.25) is 0 Å². The van der Waals surface area contributed by atoms with E-state index in [1.807, 2.05) is 0 Å². The molecule has 0 bridgehead atoms. The van der Waals surface area contributed by atoms with Gasteiger partial charge in [-0.15, -0.1) is 5.73 Å². The lowest BCUT2D eigenvalue weighted by atomic mass is 9.84. The molecule has 0 fully saturated rings. The second kappa shape index (κ2) is 3.07. The van der Waals surface area contributed by atoms with Crippen LogP contribution in [0.25, 0.3) is 0 Å². The first kappa shape index (κ1) is 7.63. The summed E-state index contributed by atoms with van der Waals surface area (Å²) < 4.78 is 0. The molecule has 56 valence electrons. The van der Waals surface area contributed by atoms with Gasteiger partial charge in [-0.2, -0.15) is 0 Å². The zero-order valence-corrected chi connectivity index (χ0v) is 6.98. The van der Waals surface area contributed by atoms with Crippen molar-refractivity contribution < 1.29 is 0 Å². The molecule has 0 spiro atoms. The van der Waals surface area contributed by atoms with Crippen molar-refractivity contribution in [3.8, 4) is 0 Å². The fourth-order valence-electron chi connectivity index (χ4n) is 1.37. The van der Waals surface area contributed by atoms with Gasteiger partial charge in [-0.1, -0.05) is 26.7 Å². The standard InChI is InChI=1S/C10H16/c1-3-4-7-10(2)8-5-6-9-10/h5,9H,3-4,7-8H2,1-2H3. The van der Waals surface area contributed by atoms with Crippen LogP contribution >= 0.6 is 0 Å². The first-order chi connectivity index (χ1) is 4.77. The number of rotatable bonds is 3. The monoisotopic (exact) mass is 136 g/mol. The Labute approximate surface area is 63.6 Å². The second-order valence-electron chi connectivity index (χ2n) is 3.48. The van der Waals surface area contributed by atoms with Crippen molar-refractivity contribution in [2.45, 2.75) is 39.5 Å². The first-order valence-corrected chi connectivity index (χ1v) is 4.19. The molecule has 1 aliphatic rings. The Balaban J connectivity index is 2.32. The first-order valence-electron chi connectivity index (χ1n) is 4.19. The zero-order valence-electron chi connectivity index (χ0n) is 6.98. The second-order valence-corrected chi connectivity index (χ2v) is 3.48. The minimum atomic E-state index is 0.454. The summed E-state index contributed by atoms with van der Waals surface area (Å²) >= 11 is 0. The molecule has 0 aromatic carbocycles. The average molecular weight is 136 g/mol. The lowest BCUT2D eigenvalue weighted by Gasteiger charge is -2.19. The molecule has 0 aromatic rings. The van der Waals surface area contributed by atoms with Crippen LogP contribution in [0.15, 0.2) is 17.9 Å². The summed E-state index contributed by atoms with van der Waals surface area (Å²) in [6.45, 7) is 4.56. The summed E-state index contributed by atoms with van der Waals surface area (Å²) in [5, 5.41) is 0. The van der Waals surface area contributed by atoms with Crippen molar-refractivity contribution in [3.63, 3.8) is 0 Å². The molecule has 0 N–H and O–H groups in total. The van der Waals surface area contributed by atoms with Crippen molar-refractivity contribution in [1.29, 1.82) is 0 Å². The number of hydrogen-bond acceptors (Lipinski definition) is 0. The number of allylic oxidation sites excluding steroid dienone is 1. The fraction of sp³-hybridized carbons (Fsp3) is 0.700. The normalized spacial score (nSPS) is 29.8. The Bertz CT molecular complexity index is 161. The van der Waals surface area contributed by atoms with Crippen LogP contribution in [0.4, 0.5) is 0 Å². The van der Waals surface area contributed by atoms with Gasteiger partial charge >= 0.3 is 0 Å². The smallest absolute Gasteiger partial charge is 0.00304 e. The number of hydrogen-bond donors (Lipinski definition) is 0. The highest BCUT2D eigenvalue weighted by Gasteiger charge is 2.20. The van der Waals surface area contributed by atoms with Crippen LogP contribution in [0.2, 0.25) is 0 Å². The quantitative estimate of drug-likeness (QED) is 0.522. The molecule has 1 aliphatic carbocycles.